The highest BCUT2D eigenvalue weighted by Gasteiger charge is 2.70. The average Bonchev–Trinajstić information content (AvgIpc) is 3.21. The maximum absolute atomic E-state index is 14.3. The summed E-state index contributed by atoms with van der Waals surface area (Å²) in [6, 6.07) is 6.63. The van der Waals surface area contributed by atoms with Gasteiger partial charge < -0.3 is 24.5 Å². The smallest absolute Gasteiger partial charge is 0.251 e. The summed E-state index contributed by atoms with van der Waals surface area (Å²) in [6.45, 7) is 4.04. The molecular formula is C28H35N3O5S. The van der Waals surface area contributed by atoms with Gasteiger partial charge in [-0.25, -0.2) is 0 Å². The zero-order chi connectivity index (χ0) is 26.2. The Morgan fingerprint density at radius 2 is 1.81 bits per heavy atom. The molecule has 4 aliphatic rings. The van der Waals surface area contributed by atoms with Crippen molar-refractivity contribution in [3.63, 3.8) is 0 Å². The standard InChI is InChI=1S/C28H35N3O5S/c1-3-14-29-15-6-8-21-22(25(29)33)23-26(34)31(16-4-5-18-32)24-27(35)30(17-7-13-28(23,24)37-21)19-9-11-20(36-2)12-10-19/h6-13,21-24,32H,3-5,14-18H2,1-2H3/t21-,22+,23-,24?,28-/m0/s1. The van der Waals surface area contributed by atoms with Crippen molar-refractivity contribution < 1.29 is 24.2 Å². The quantitative estimate of drug-likeness (QED) is 0.414. The van der Waals surface area contributed by atoms with Crippen LogP contribution in [0.25, 0.3) is 0 Å². The Labute approximate surface area is 222 Å². The van der Waals surface area contributed by atoms with Crippen LogP contribution < -0.4 is 9.64 Å². The summed E-state index contributed by atoms with van der Waals surface area (Å²) in [5, 5.41) is 9.21. The van der Waals surface area contributed by atoms with Crippen LogP contribution >= 0.6 is 11.8 Å². The van der Waals surface area contributed by atoms with Crippen molar-refractivity contribution in [3.8, 4) is 5.75 Å². The predicted octanol–water partition coefficient (Wildman–Crippen LogP) is 2.48. The fourth-order valence-corrected chi connectivity index (χ4v) is 8.30. The largest absolute Gasteiger partial charge is 0.497 e. The summed E-state index contributed by atoms with van der Waals surface area (Å²) in [4.78, 5) is 47.5. The molecule has 5 atom stereocenters. The molecule has 1 aromatic carbocycles. The van der Waals surface area contributed by atoms with E-state index in [2.05, 4.69) is 6.08 Å². The van der Waals surface area contributed by atoms with E-state index in [4.69, 9.17) is 4.74 Å². The van der Waals surface area contributed by atoms with E-state index in [1.165, 1.54) is 0 Å². The molecule has 0 saturated carbocycles. The lowest BCUT2D eigenvalue weighted by Crippen LogP contribution is -2.53. The Morgan fingerprint density at radius 3 is 2.51 bits per heavy atom. The number of anilines is 1. The van der Waals surface area contributed by atoms with Crippen LogP contribution in [0.1, 0.15) is 26.2 Å². The number of aliphatic hydroxyl groups is 1. The van der Waals surface area contributed by atoms with Gasteiger partial charge in [-0.15, -0.1) is 11.8 Å². The normalized spacial score (nSPS) is 30.8. The number of hydrogen-bond acceptors (Lipinski definition) is 6. The van der Waals surface area contributed by atoms with Crippen LogP contribution in [0.3, 0.4) is 0 Å². The Hall–Kier alpha value is -2.78. The number of unbranched alkanes of at least 4 members (excludes halogenated alkanes) is 1. The van der Waals surface area contributed by atoms with E-state index in [0.717, 1.165) is 12.1 Å². The van der Waals surface area contributed by atoms with Gasteiger partial charge in [-0.1, -0.05) is 31.2 Å². The Morgan fingerprint density at radius 1 is 1.03 bits per heavy atom. The minimum Gasteiger partial charge on any atom is -0.497 e. The summed E-state index contributed by atoms with van der Waals surface area (Å²) < 4.78 is 4.46. The fraction of sp³-hybridized carbons (Fsp3) is 0.536. The highest BCUT2D eigenvalue weighted by Crippen LogP contribution is 2.61. The first-order valence-corrected chi connectivity index (χ1v) is 14.0. The van der Waals surface area contributed by atoms with E-state index in [1.54, 1.807) is 28.7 Å². The molecule has 4 heterocycles. The van der Waals surface area contributed by atoms with Crippen LogP contribution in [-0.2, 0) is 14.4 Å². The van der Waals surface area contributed by atoms with Crippen molar-refractivity contribution in [2.75, 3.05) is 44.8 Å². The fourth-order valence-electron chi connectivity index (χ4n) is 6.29. The monoisotopic (exact) mass is 525 g/mol. The molecule has 0 radical (unpaired) electrons. The van der Waals surface area contributed by atoms with Gasteiger partial charge in [0.2, 0.25) is 11.8 Å². The van der Waals surface area contributed by atoms with Gasteiger partial charge in [-0.2, -0.15) is 0 Å². The minimum atomic E-state index is -0.820. The molecule has 8 nitrogen and oxygen atoms in total. The summed E-state index contributed by atoms with van der Waals surface area (Å²) in [6.07, 6.45) is 10.1. The topological polar surface area (TPSA) is 90.4 Å². The number of carbonyl (C=O) groups is 3. The summed E-state index contributed by atoms with van der Waals surface area (Å²) in [5.41, 5.74) is 0.737. The van der Waals surface area contributed by atoms with Gasteiger partial charge in [-0.05, 0) is 43.5 Å². The molecule has 1 N–H and O–H groups in total. The molecular weight excluding hydrogens is 490 g/mol. The van der Waals surface area contributed by atoms with Gasteiger partial charge in [-0.3, -0.25) is 14.4 Å². The maximum atomic E-state index is 14.3. The molecule has 1 spiro atoms. The third-order valence-corrected chi connectivity index (χ3v) is 9.67. The first-order chi connectivity index (χ1) is 18.0. The Balaban J connectivity index is 1.56. The second kappa shape index (κ2) is 10.5. The van der Waals surface area contributed by atoms with Crippen LogP contribution in [0, 0.1) is 11.8 Å². The number of likely N-dealkylation sites (tertiary alicyclic amines) is 1. The molecule has 9 heteroatoms. The third-order valence-electron chi connectivity index (χ3n) is 7.93. The zero-order valence-electron chi connectivity index (χ0n) is 21.4. The molecule has 4 aliphatic heterocycles. The van der Waals surface area contributed by atoms with E-state index in [9.17, 15) is 19.5 Å². The van der Waals surface area contributed by atoms with Crippen LogP contribution in [0.15, 0.2) is 48.6 Å². The average molecular weight is 526 g/mol. The van der Waals surface area contributed by atoms with Gasteiger partial charge in [0, 0.05) is 43.7 Å². The molecule has 0 bridgehead atoms. The number of nitrogens with zero attached hydrogens (tertiary/aromatic N) is 3. The summed E-state index contributed by atoms with van der Waals surface area (Å²) in [7, 11) is 1.60. The van der Waals surface area contributed by atoms with E-state index in [1.807, 2.05) is 54.3 Å². The SMILES string of the molecule is CCCN1CC=C[C@@H]2S[C@]34C=CCN(c5ccc(OC)cc5)C(=O)C3N(CCCCO)C(=O)[C@@H]4[C@@H]2C1=O. The third kappa shape index (κ3) is 4.26. The van der Waals surface area contributed by atoms with Gasteiger partial charge in [0.25, 0.3) is 5.91 Å². The highest BCUT2D eigenvalue weighted by molar-refractivity contribution is 8.02. The predicted molar refractivity (Wildman–Crippen MR) is 143 cm³/mol. The molecule has 0 aliphatic carbocycles. The minimum absolute atomic E-state index is 0.00707. The van der Waals surface area contributed by atoms with Gasteiger partial charge in [0.05, 0.1) is 23.7 Å². The van der Waals surface area contributed by atoms with Crippen molar-refractivity contribution in [3.05, 3.63) is 48.6 Å². The number of carbonyl (C=O) groups excluding carboxylic acids is 3. The first-order valence-electron chi connectivity index (χ1n) is 13.1. The molecule has 2 saturated heterocycles. The Kier molecular flexibility index (Phi) is 7.36. The molecule has 0 aromatic heterocycles. The van der Waals surface area contributed by atoms with Gasteiger partial charge >= 0.3 is 0 Å². The molecule has 1 unspecified atom stereocenters. The number of thioether (sulfide) groups is 1. The molecule has 37 heavy (non-hydrogen) atoms. The number of fused-ring (bicyclic) bond motifs is 2. The second-order valence-corrected chi connectivity index (χ2v) is 11.6. The van der Waals surface area contributed by atoms with E-state index < -0.39 is 22.6 Å². The molecule has 3 amide bonds. The molecule has 198 valence electrons. The lowest BCUT2D eigenvalue weighted by atomic mass is 9.78. The van der Waals surface area contributed by atoms with Crippen molar-refractivity contribution in [1.82, 2.24) is 9.80 Å². The number of hydrogen-bond donors (Lipinski definition) is 1. The number of methoxy groups -OCH3 is 1. The lowest BCUT2D eigenvalue weighted by molar-refractivity contribution is -0.142. The van der Waals surface area contributed by atoms with Crippen LogP contribution in [0.4, 0.5) is 5.69 Å². The van der Waals surface area contributed by atoms with Crippen LogP contribution in [0.5, 0.6) is 5.75 Å². The van der Waals surface area contributed by atoms with Crippen molar-refractivity contribution >= 4 is 35.2 Å². The number of ether oxygens (including phenoxy) is 1. The Bertz CT molecular complexity index is 1110. The van der Waals surface area contributed by atoms with E-state index in [0.29, 0.717) is 44.8 Å². The van der Waals surface area contributed by atoms with Gasteiger partial charge in [0.1, 0.15) is 11.8 Å². The van der Waals surface area contributed by atoms with Crippen LogP contribution in [0.2, 0.25) is 0 Å². The first kappa shape index (κ1) is 25.9. The summed E-state index contributed by atoms with van der Waals surface area (Å²) in [5.74, 6) is -0.662. The van der Waals surface area contributed by atoms with Crippen LogP contribution in [-0.4, -0.2) is 88.6 Å². The number of benzene rings is 1. The zero-order valence-corrected chi connectivity index (χ0v) is 22.2. The lowest BCUT2D eigenvalue weighted by Gasteiger charge is -2.35. The highest BCUT2D eigenvalue weighted by atomic mass is 32.2. The molecule has 1 aromatic rings. The van der Waals surface area contributed by atoms with E-state index >= 15 is 0 Å². The second-order valence-electron chi connectivity index (χ2n) is 10.1. The van der Waals surface area contributed by atoms with E-state index in [-0.39, 0.29) is 29.6 Å². The summed E-state index contributed by atoms with van der Waals surface area (Å²) >= 11 is 1.60. The van der Waals surface area contributed by atoms with Crippen molar-refractivity contribution in [1.29, 1.82) is 0 Å². The molecule has 2 fully saturated rings. The number of rotatable bonds is 8. The maximum Gasteiger partial charge on any atom is 0.251 e. The number of amides is 3. The van der Waals surface area contributed by atoms with Gasteiger partial charge in [0.15, 0.2) is 0 Å². The van der Waals surface area contributed by atoms with Crippen molar-refractivity contribution in [2.24, 2.45) is 11.8 Å². The van der Waals surface area contributed by atoms with Crippen molar-refractivity contribution in [2.45, 2.75) is 42.2 Å². The number of aliphatic hydroxyl groups excluding tert-OH is 1. The molecule has 5 rings (SSSR count).